The van der Waals surface area contributed by atoms with Gasteiger partial charge in [-0.25, -0.2) is 4.98 Å². The van der Waals surface area contributed by atoms with Crippen LogP contribution in [0.1, 0.15) is 11.1 Å². The molecule has 0 atom stereocenters. The summed E-state index contributed by atoms with van der Waals surface area (Å²) in [7, 11) is 1.58. The van der Waals surface area contributed by atoms with Gasteiger partial charge in [0.2, 0.25) is 5.95 Å². The second-order valence-electron chi connectivity index (χ2n) is 6.76. The molecule has 4 aromatic rings. The van der Waals surface area contributed by atoms with E-state index >= 15 is 0 Å². The Morgan fingerprint density at radius 2 is 1.63 bits per heavy atom. The molecule has 0 unspecified atom stereocenters. The van der Waals surface area contributed by atoms with Crippen molar-refractivity contribution < 1.29 is 4.74 Å². The summed E-state index contributed by atoms with van der Waals surface area (Å²) in [5, 5.41) is 3.70. The molecule has 0 fully saturated rings. The average molecular weight is 417 g/mol. The number of benzene rings is 3. The summed E-state index contributed by atoms with van der Waals surface area (Å²) in [6.07, 6.45) is 0.644. The molecule has 30 heavy (non-hydrogen) atoms. The van der Waals surface area contributed by atoms with E-state index in [1.54, 1.807) is 19.2 Å². The average Bonchev–Trinajstić information content (AvgIpc) is 2.77. The van der Waals surface area contributed by atoms with Crippen LogP contribution in [0.25, 0.3) is 11.3 Å². The van der Waals surface area contributed by atoms with Gasteiger partial charge in [-0.1, -0.05) is 72.3 Å². The van der Waals surface area contributed by atoms with Crippen LogP contribution in [0.2, 0.25) is 5.02 Å². The number of hydrogen-bond donors (Lipinski definition) is 2. The monoisotopic (exact) mass is 416 g/mol. The lowest BCUT2D eigenvalue weighted by molar-refractivity contribution is 0.415. The Hall–Kier alpha value is -3.57. The predicted octanol–water partition coefficient (Wildman–Crippen LogP) is 5.72. The molecular weight excluding hydrogens is 396 g/mol. The van der Waals surface area contributed by atoms with Gasteiger partial charge in [0.15, 0.2) is 0 Å². The van der Waals surface area contributed by atoms with Crippen LogP contribution in [0.4, 0.5) is 17.5 Å². The Kier molecular flexibility index (Phi) is 5.82. The minimum Gasteiger partial charge on any atom is -0.495 e. The Bertz CT molecular complexity index is 1150. The molecule has 0 saturated heterocycles. The van der Waals surface area contributed by atoms with Crippen molar-refractivity contribution in [1.82, 2.24) is 9.97 Å². The number of methoxy groups -OCH3 is 1. The van der Waals surface area contributed by atoms with Gasteiger partial charge in [0.05, 0.1) is 17.8 Å². The van der Waals surface area contributed by atoms with Gasteiger partial charge in [0.25, 0.3) is 0 Å². The molecule has 4 rings (SSSR count). The molecule has 0 aliphatic heterocycles. The number of halogens is 1. The first-order chi connectivity index (χ1) is 14.6. The van der Waals surface area contributed by atoms with Crippen LogP contribution >= 0.6 is 11.6 Å². The molecule has 0 aliphatic carbocycles. The van der Waals surface area contributed by atoms with Crippen LogP contribution in [0, 0.1) is 0 Å². The fraction of sp³-hybridized carbons (Fsp3) is 0.0833. The molecule has 0 bridgehead atoms. The third-order valence-electron chi connectivity index (χ3n) is 4.72. The molecule has 0 radical (unpaired) electrons. The Balaban J connectivity index is 1.74. The van der Waals surface area contributed by atoms with E-state index in [0.717, 1.165) is 28.1 Å². The molecular formula is C24H21ClN4O. The van der Waals surface area contributed by atoms with Gasteiger partial charge in [-0.3, -0.25) is 0 Å². The van der Waals surface area contributed by atoms with Crippen molar-refractivity contribution >= 4 is 29.1 Å². The third-order valence-corrected chi connectivity index (χ3v) is 5.01. The van der Waals surface area contributed by atoms with Gasteiger partial charge in [0.1, 0.15) is 11.6 Å². The van der Waals surface area contributed by atoms with E-state index in [1.807, 2.05) is 54.6 Å². The minimum absolute atomic E-state index is 0.407. The van der Waals surface area contributed by atoms with Crippen molar-refractivity contribution in [1.29, 1.82) is 0 Å². The molecule has 3 N–H and O–H groups in total. The Labute approximate surface area is 180 Å². The van der Waals surface area contributed by atoms with Crippen molar-refractivity contribution in [3.05, 3.63) is 95.0 Å². The van der Waals surface area contributed by atoms with Gasteiger partial charge < -0.3 is 15.8 Å². The number of nitrogen functional groups attached to an aromatic ring is 1. The lowest BCUT2D eigenvalue weighted by Crippen LogP contribution is -2.08. The molecule has 6 heteroatoms. The number of rotatable bonds is 6. The van der Waals surface area contributed by atoms with Gasteiger partial charge in [-0.15, -0.1) is 0 Å². The lowest BCUT2D eigenvalue weighted by Gasteiger charge is -2.15. The third kappa shape index (κ3) is 4.36. The van der Waals surface area contributed by atoms with Crippen molar-refractivity contribution in [3.8, 4) is 17.0 Å². The Morgan fingerprint density at radius 3 is 2.30 bits per heavy atom. The maximum atomic E-state index is 6.40. The molecule has 0 saturated carbocycles. The quantitative estimate of drug-likeness (QED) is 0.420. The predicted molar refractivity (Wildman–Crippen MR) is 122 cm³/mol. The summed E-state index contributed by atoms with van der Waals surface area (Å²) in [4.78, 5) is 9.30. The summed E-state index contributed by atoms with van der Waals surface area (Å²) >= 11 is 6.24. The smallest absolute Gasteiger partial charge is 0.229 e. The van der Waals surface area contributed by atoms with Crippen molar-refractivity contribution in [2.24, 2.45) is 0 Å². The summed E-state index contributed by atoms with van der Waals surface area (Å²) in [6.45, 7) is 0. The Morgan fingerprint density at radius 1 is 0.933 bits per heavy atom. The van der Waals surface area contributed by atoms with E-state index in [-0.39, 0.29) is 0 Å². The topological polar surface area (TPSA) is 73.1 Å². The highest BCUT2D eigenvalue weighted by Crippen LogP contribution is 2.31. The standard InChI is InChI=1S/C24H21ClN4O/c1-30-21-13-12-18(15-20(21)25)27-24-28-22(17-10-6-3-7-11-17)19(23(26)29-24)14-16-8-4-2-5-9-16/h2-13,15H,14H2,1H3,(H3,26,27,28,29). The lowest BCUT2D eigenvalue weighted by atomic mass is 10.00. The molecule has 1 aromatic heterocycles. The molecule has 1 heterocycles. The number of nitrogens with one attached hydrogen (secondary N) is 1. The number of hydrogen-bond acceptors (Lipinski definition) is 5. The number of anilines is 3. The zero-order valence-corrected chi connectivity index (χ0v) is 17.2. The van der Waals surface area contributed by atoms with Gasteiger partial charge in [0, 0.05) is 23.2 Å². The maximum Gasteiger partial charge on any atom is 0.229 e. The van der Waals surface area contributed by atoms with Crippen LogP contribution in [-0.4, -0.2) is 17.1 Å². The summed E-state index contributed by atoms with van der Waals surface area (Å²) < 4.78 is 5.21. The fourth-order valence-corrected chi connectivity index (χ4v) is 3.50. The zero-order chi connectivity index (χ0) is 20.9. The number of ether oxygens (including phenoxy) is 1. The normalized spacial score (nSPS) is 10.6. The fourth-order valence-electron chi connectivity index (χ4n) is 3.24. The van der Waals surface area contributed by atoms with Crippen LogP contribution in [0.15, 0.2) is 78.9 Å². The van der Waals surface area contributed by atoms with Gasteiger partial charge >= 0.3 is 0 Å². The first kappa shape index (κ1) is 19.7. The number of aromatic nitrogens is 2. The van der Waals surface area contributed by atoms with Crippen LogP contribution in [0.3, 0.4) is 0 Å². The highest BCUT2D eigenvalue weighted by atomic mass is 35.5. The first-order valence-corrected chi connectivity index (χ1v) is 9.88. The van der Waals surface area contributed by atoms with E-state index < -0.39 is 0 Å². The molecule has 0 aliphatic rings. The maximum absolute atomic E-state index is 6.40. The first-order valence-electron chi connectivity index (χ1n) is 9.50. The summed E-state index contributed by atoms with van der Waals surface area (Å²) in [5.41, 5.74) is 11.0. The van der Waals surface area contributed by atoms with Crippen LogP contribution in [0.5, 0.6) is 5.75 Å². The van der Waals surface area contributed by atoms with Crippen LogP contribution in [-0.2, 0) is 6.42 Å². The highest BCUT2D eigenvalue weighted by Gasteiger charge is 2.15. The molecule has 0 spiro atoms. The second kappa shape index (κ2) is 8.84. The number of nitrogens with zero attached hydrogens (tertiary/aromatic N) is 2. The molecule has 3 aromatic carbocycles. The van der Waals surface area contributed by atoms with E-state index in [1.165, 1.54) is 0 Å². The largest absolute Gasteiger partial charge is 0.495 e. The van der Waals surface area contributed by atoms with Crippen LogP contribution < -0.4 is 15.8 Å². The van der Waals surface area contributed by atoms with Crippen molar-refractivity contribution in [2.75, 3.05) is 18.2 Å². The zero-order valence-electron chi connectivity index (χ0n) is 16.5. The van der Waals surface area contributed by atoms with Gasteiger partial charge in [-0.05, 0) is 23.8 Å². The van der Waals surface area contributed by atoms with E-state index in [4.69, 9.17) is 27.1 Å². The second-order valence-corrected chi connectivity index (χ2v) is 7.17. The number of nitrogens with two attached hydrogens (primary N) is 1. The van der Waals surface area contributed by atoms with E-state index in [2.05, 4.69) is 22.4 Å². The minimum atomic E-state index is 0.407. The molecule has 0 amide bonds. The highest BCUT2D eigenvalue weighted by molar-refractivity contribution is 6.32. The molecule has 150 valence electrons. The van der Waals surface area contributed by atoms with E-state index in [9.17, 15) is 0 Å². The van der Waals surface area contributed by atoms with Crippen molar-refractivity contribution in [3.63, 3.8) is 0 Å². The summed E-state index contributed by atoms with van der Waals surface area (Å²) in [5.74, 6) is 1.45. The van der Waals surface area contributed by atoms with E-state index in [0.29, 0.717) is 29.0 Å². The summed E-state index contributed by atoms with van der Waals surface area (Å²) in [6, 6.07) is 25.5. The van der Waals surface area contributed by atoms with Gasteiger partial charge in [-0.2, -0.15) is 4.98 Å². The van der Waals surface area contributed by atoms with Crippen molar-refractivity contribution in [2.45, 2.75) is 6.42 Å². The SMILES string of the molecule is COc1ccc(Nc2nc(N)c(Cc3ccccc3)c(-c3ccccc3)n2)cc1Cl. The molecule has 5 nitrogen and oxygen atoms in total.